The maximum atomic E-state index is 11.8. The summed E-state index contributed by atoms with van der Waals surface area (Å²) in [7, 11) is -2.92. The highest BCUT2D eigenvalue weighted by Gasteiger charge is 2.29. The van der Waals surface area contributed by atoms with Crippen molar-refractivity contribution in [1.82, 2.24) is 4.98 Å². The highest BCUT2D eigenvalue weighted by molar-refractivity contribution is 7.92. The molecule has 0 saturated carbocycles. The highest BCUT2D eigenvalue weighted by atomic mass is 32.2. The number of aliphatic hydroxyl groups excluding tert-OH is 1. The number of hydrogen-bond acceptors (Lipinski definition) is 5. The van der Waals surface area contributed by atoms with Crippen molar-refractivity contribution < 1.29 is 13.5 Å². The second-order valence-electron chi connectivity index (χ2n) is 4.08. The van der Waals surface area contributed by atoms with E-state index in [0.717, 1.165) is 24.3 Å². The Labute approximate surface area is 99.3 Å². The molecule has 0 spiro atoms. The van der Waals surface area contributed by atoms with Crippen molar-refractivity contribution in [3.8, 4) is 0 Å². The quantitative estimate of drug-likeness (QED) is 0.886. The van der Waals surface area contributed by atoms with Crippen LogP contribution in [0.4, 0.5) is 0 Å². The van der Waals surface area contributed by atoms with Gasteiger partial charge in [-0.15, -0.1) is 11.3 Å². The molecule has 0 amide bonds. The van der Waals surface area contributed by atoms with E-state index in [4.69, 9.17) is 5.11 Å². The Bertz CT molecular complexity index is 452. The Hall–Kier alpha value is -0.460. The van der Waals surface area contributed by atoms with Gasteiger partial charge in [-0.2, -0.15) is 0 Å². The third kappa shape index (κ3) is 2.61. The van der Waals surface area contributed by atoms with Crippen LogP contribution < -0.4 is 0 Å². The highest BCUT2D eigenvalue weighted by Crippen LogP contribution is 2.24. The van der Waals surface area contributed by atoms with E-state index in [0.29, 0.717) is 17.9 Å². The fraction of sp³-hybridized carbons (Fsp3) is 0.700. The maximum Gasteiger partial charge on any atom is 0.153 e. The van der Waals surface area contributed by atoms with E-state index in [1.165, 1.54) is 11.3 Å². The standard InChI is InChI=1S/C10H15NO3S2/c12-6-8-7-15-10(11-8)5-9-3-1-2-4-16(9,13)14/h7,9,12H,1-6H2. The monoisotopic (exact) mass is 261 g/mol. The van der Waals surface area contributed by atoms with Gasteiger partial charge in [0.05, 0.1) is 28.3 Å². The molecule has 90 valence electrons. The van der Waals surface area contributed by atoms with Gasteiger partial charge in [-0.1, -0.05) is 6.42 Å². The van der Waals surface area contributed by atoms with E-state index < -0.39 is 9.84 Å². The molecule has 1 atom stereocenters. The van der Waals surface area contributed by atoms with Crippen molar-refractivity contribution in [2.24, 2.45) is 0 Å². The van der Waals surface area contributed by atoms with Gasteiger partial charge in [-0.3, -0.25) is 0 Å². The van der Waals surface area contributed by atoms with Crippen LogP contribution in [-0.4, -0.2) is 29.5 Å². The molecule has 6 heteroatoms. The summed E-state index contributed by atoms with van der Waals surface area (Å²) in [6.45, 7) is -0.0755. The topological polar surface area (TPSA) is 67.3 Å². The molecule has 1 saturated heterocycles. The lowest BCUT2D eigenvalue weighted by molar-refractivity contribution is 0.277. The van der Waals surface area contributed by atoms with Gasteiger partial charge in [0.1, 0.15) is 0 Å². The molecule has 1 N–H and O–H groups in total. The largest absolute Gasteiger partial charge is 0.390 e. The molecule has 1 aliphatic rings. The SMILES string of the molecule is O=S1(=O)CCCCC1Cc1nc(CO)cs1. The van der Waals surface area contributed by atoms with Crippen molar-refractivity contribution in [3.05, 3.63) is 16.1 Å². The fourth-order valence-corrected chi connectivity index (χ4v) is 4.81. The van der Waals surface area contributed by atoms with Crippen LogP contribution in [0, 0.1) is 0 Å². The number of sulfone groups is 1. The van der Waals surface area contributed by atoms with Crippen LogP contribution in [0.2, 0.25) is 0 Å². The summed E-state index contributed by atoms with van der Waals surface area (Å²) in [5.74, 6) is 0.315. The van der Waals surface area contributed by atoms with E-state index in [-0.39, 0.29) is 11.9 Å². The number of nitrogens with zero attached hydrogens (tertiary/aromatic N) is 1. The molecule has 1 fully saturated rings. The molecule has 2 rings (SSSR count). The minimum Gasteiger partial charge on any atom is -0.390 e. The molecule has 1 aromatic heterocycles. The normalized spacial score (nSPS) is 24.4. The van der Waals surface area contributed by atoms with Crippen LogP contribution in [0.5, 0.6) is 0 Å². The fourth-order valence-electron chi connectivity index (χ4n) is 1.96. The summed E-state index contributed by atoms with van der Waals surface area (Å²) < 4.78 is 23.6. The Kier molecular flexibility index (Phi) is 3.61. The number of thiazole rings is 1. The van der Waals surface area contributed by atoms with Gasteiger partial charge in [-0.05, 0) is 12.8 Å². The van der Waals surface area contributed by atoms with Crippen LogP contribution in [0.15, 0.2) is 5.38 Å². The van der Waals surface area contributed by atoms with Crippen LogP contribution in [-0.2, 0) is 22.9 Å². The summed E-state index contributed by atoms with van der Waals surface area (Å²) in [6.07, 6.45) is 3.03. The molecule has 2 heterocycles. The molecule has 0 aromatic carbocycles. The van der Waals surface area contributed by atoms with E-state index in [1.54, 1.807) is 5.38 Å². The Morgan fingerprint density at radius 2 is 2.31 bits per heavy atom. The summed E-state index contributed by atoms with van der Waals surface area (Å²) >= 11 is 1.43. The summed E-state index contributed by atoms with van der Waals surface area (Å²) in [5, 5.41) is 11.2. The van der Waals surface area contributed by atoms with E-state index in [2.05, 4.69) is 4.98 Å². The lowest BCUT2D eigenvalue weighted by Crippen LogP contribution is -2.30. The van der Waals surface area contributed by atoms with Crippen molar-refractivity contribution in [2.75, 3.05) is 5.75 Å². The Morgan fingerprint density at radius 3 is 2.94 bits per heavy atom. The van der Waals surface area contributed by atoms with Crippen LogP contribution in [0.25, 0.3) is 0 Å². The first-order valence-electron chi connectivity index (χ1n) is 5.37. The zero-order valence-corrected chi connectivity index (χ0v) is 10.6. The van der Waals surface area contributed by atoms with Crippen LogP contribution in [0.3, 0.4) is 0 Å². The molecular weight excluding hydrogens is 246 g/mol. The number of aromatic nitrogens is 1. The first kappa shape index (κ1) is 12.0. The lowest BCUT2D eigenvalue weighted by Gasteiger charge is -2.21. The average Bonchev–Trinajstić information content (AvgIpc) is 2.69. The molecule has 1 aliphatic heterocycles. The third-order valence-corrected chi connectivity index (χ3v) is 6.07. The van der Waals surface area contributed by atoms with Crippen molar-refractivity contribution in [3.63, 3.8) is 0 Å². The second kappa shape index (κ2) is 4.81. The molecular formula is C10H15NO3S2. The lowest BCUT2D eigenvalue weighted by atomic mass is 10.1. The minimum absolute atomic E-state index is 0.0755. The van der Waals surface area contributed by atoms with Gasteiger partial charge in [0.15, 0.2) is 9.84 Å². The summed E-state index contributed by atoms with van der Waals surface area (Å²) in [6, 6.07) is 0. The summed E-state index contributed by atoms with van der Waals surface area (Å²) in [4.78, 5) is 4.19. The van der Waals surface area contributed by atoms with Crippen molar-refractivity contribution in [1.29, 1.82) is 0 Å². The predicted octanol–water partition coefficient (Wildman–Crippen LogP) is 1.15. The number of rotatable bonds is 3. The minimum atomic E-state index is -2.92. The van der Waals surface area contributed by atoms with E-state index in [1.807, 2.05) is 0 Å². The molecule has 1 unspecified atom stereocenters. The summed E-state index contributed by atoms with van der Waals surface area (Å²) in [5.41, 5.74) is 0.633. The number of hydrogen-bond donors (Lipinski definition) is 1. The van der Waals surface area contributed by atoms with Gasteiger partial charge < -0.3 is 5.11 Å². The van der Waals surface area contributed by atoms with E-state index >= 15 is 0 Å². The Morgan fingerprint density at radius 1 is 1.50 bits per heavy atom. The zero-order valence-electron chi connectivity index (χ0n) is 8.92. The zero-order chi connectivity index (χ0) is 11.6. The van der Waals surface area contributed by atoms with Crippen molar-refractivity contribution in [2.45, 2.75) is 37.5 Å². The third-order valence-electron chi connectivity index (χ3n) is 2.88. The molecule has 0 aliphatic carbocycles. The number of aliphatic hydroxyl groups is 1. The van der Waals surface area contributed by atoms with Gasteiger partial charge in [-0.25, -0.2) is 13.4 Å². The van der Waals surface area contributed by atoms with Gasteiger partial charge >= 0.3 is 0 Å². The molecule has 16 heavy (non-hydrogen) atoms. The van der Waals surface area contributed by atoms with Crippen molar-refractivity contribution >= 4 is 21.2 Å². The van der Waals surface area contributed by atoms with E-state index in [9.17, 15) is 8.42 Å². The first-order chi connectivity index (χ1) is 7.62. The smallest absolute Gasteiger partial charge is 0.153 e. The first-order valence-corrected chi connectivity index (χ1v) is 7.97. The van der Waals surface area contributed by atoms with Gasteiger partial charge in [0.25, 0.3) is 0 Å². The molecule has 0 bridgehead atoms. The molecule has 1 aromatic rings. The van der Waals surface area contributed by atoms with Crippen LogP contribution >= 0.6 is 11.3 Å². The molecule has 0 radical (unpaired) electrons. The predicted molar refractivity (Wildman–Crippen MR) is 63.2 cm³/mol. The van der Waals surface area contributed by atoms with Gasteiger partial charge in [0.2, 0.25) is 0 Å². The van der Waals surface area contributed by atoms with Gasteiger partial charge in [0, 0.05) is 11.8 Å². The van der Waals surface area contributed by atoms with Crippen LogP contribution in [0.1, 0.15) is 30.0 Å². The average molecular weight is 261 g/mol. The Balaban J connectivity index is 2.08. The molecule has 4 nitrogen and oxygen atoms in total. The maximum absolute atomic E-state index is 11.8. The second-order valence-corrected chi connectivity index (χ2v) is 7.42.